The van der Waals surface area contributed by atoms with Crippen molar-refractivity contribution in [2.24, 2.45) is 50.2 Å². The maximum atomic E-state index is 16.4. The zero-order valence-electron chi connectivity index (χ0n) is 62.9. The van der Waals surface area contributed by atoms with E-state index >= 15 is 4.79 Å². The Bertz CT molecular complexity index is 3420. The number of aliphatic hydroxyl groups excluding tert-OH is 17. The number of allylic oxidation sites excluding steroid dienone is 1. The summed E-state index contributed by atoms with van der Waals surface area (Å²) in [7, 11) is 1.48. The monoisotopic (exact) mass is 1570 g/mol. The molecular weight excluding hydrogens is 1460 g/mol. The van der Waals surface area contributed by atoms with E-state index in [0.717, 1.165) is 11.6 Å². The quantitative estimate of drug-likeness (QED) is 0.0262. The lowest BCUT2D eigenvalue weighted by Gasteiger charge is -2.71. The van der Waals surface area contributed by atoms with Crippen LogP contribution in [0.1, 0.15) is 119 Å². The van der Waals surface area contributed by atoms with Gasteiger partial charge in [-0.15, -0.1) is 0 Å². The molecule has 35 nitrogen and oxygen atoms in total. The van der Waals surface area contributed by atoms with E-state index in [9.17, 15) is 102 Å². The molecule has 18 N–H and O–H groups in total. The first kappa shape index (κ1) is 85.2. The number of esters is 2. The average molecular weight is 1570 g/mol. The van der Waals surface area contributed by atoms with Crippen LogP contribution < -0.4 is 4.74 Å². The number of carbonyl (C=O) groups excluding carboxylic acids is 2. The number of aliphatic carboxylic acids is 1. The van der Waals surface area contributed by atoms with Crippen LogP contribution in [0.4, 0.5) is 0 Å². The number of aliphatic hydroxyl groups is 17. The molecule has 12 rings (SSSR count). The van der Waals surface area contributed by atoms with Crippen LogP contribution >= 0.6 is 0 Å². The second-order valence-corrected chi connectivity index (χ2v) is 33.7. The maximum absolute atomic E-state index is 16.4. The molecule has 0 aromatic heterocycles. The fourth-order valence-corrected chi connectivity index (χ4v) is 20.3. The number of methoxy groups -OCH3 is 1. The highest BCUT2D eigenvalue weighted by atomic mass is 16.8. The topological polar surface area (TPSA) is 545 Å². The summed E-state index contributed by atoms with van der Waals surface area (Å²) in [6.07, 6.45) is -47.6. The number of carboxylic acid groups (broad SMARTS) is 1. The number of ether oxygens (including phenoxy) is 14. The summed E-state index contributed by atoms with van der Waals surface area (Å²) in [5, 5.41) is 201. The fourth-order valence-electron chi connectivity index (χ4n) is 20.3. The lowest BCUT2D eigenvalue weighted by Crippen LogP contribution is -2.70. The standard InChI is InChI=1S/C75H112O35/c1-30-44(80)48(84)53(89)63(99-30)108-59-58(106-43(79)17-12-33-10-13-34(97-9)14-11-33)32(3)101-67(60(59)109-64-56(92)51(87)57(31(2)100-64)107-62-52(88)47(83)40(28-98-62)105-66-55(91)50(86)46(82)39(27-77)104-66)110-69(96)74-21-20-70(4,5)24-36(74)35-15-16-41-71(6)25-37(102-65-54(90)49(85)45(81)38(26-76)103-65)61(93)73(8,68(94)95)42(71)18-19-72(41,7)75(35,29-78)23-22-74/h10-15,17,30-32,36-42,44-67,76-78,80-93H,16,18-29H2,1-9H3,(H,94,95)/b17-12+/t30-,31-,32+,36+,37-,38+,39+,40+,41+,42+,44-,45+,46-,47-,48+,49-,50-,51-,52+,53+,54+,55+,56+,57-,58-,59-,60+,61-,62-,63-,64-,65+,66-,67-,71+,72+,73-,74-,75-/m0/s1. The highest BCUT2D eigenvalue weighted by molar-refractivity contribution is 5.87. The summed E-state index contributed by atoms with van der Waals surface area (Å²) in [5.41, 5.74) is -5.49. The Balaban J connectivity index is 0.865. The Morgan fingerprint density at radius 1 is 0.518 bits per heavy atom. The first-order valence-electron chi connectivity index (χ1n) is 38.0. The number of rotatable bonds is 20. The molecule has 0 bridgehead atoms. The number of carboxylic acids is 1. The predicted molar refractivity (Wildman–Crippen MR) is 368 cm³/mol. The van der Waals surface area contributed by atoms with Crippen LogP contribution in [0.15, 0.2) is 42.0 Å². The van der Waals surface area contributed by atoms with Crippen molar-refractivity contribution in [3.8, 4) is 5.75 Å². The number of hydrogen-bond acceptors (Lipinski definition) is 34. The molecule has 6 aliphatic heterocycles. The van der Waals surface area contributed by atoms with E-state index in [1.807, 2.05) is 13.0 Å². The molecule has 622 valence electrons. The van der Waals surface area contributed by atoms with Gasteiger partial charge in [0.05, 0.1) is 74.9 Å². The Labute approximate surface area is 635 Å². The summed E-state index contributed by atoms with van der Waals surface area (Å²) in [6.45, 7) is 11.2. The average Bonchev–Trinajstić information content (AvgIpc) is 0.668. The maximum Gasteiger partial charge on any atom is 0.331 e. The van der Waals surface area contributed by atoms with Crippen LogP contribution in [0.2, 0.25) is 0 Å². The molecule has 4 saturated carbocycles. The summed E-state index contributed by atoms with van der Waals surface area (Å²) in [5.74, 6) is -4.48. The summed E-state index contributed by atoms with van der Waals surface area (Å²) < 4.78 is 85.5. The van der Waals surface area contributed by atoms with Gasteiger partial charge >= 0.3 is 17.9 Å². The van der Waals surface area contributed by atoms with Crippen molar-refractivity contribution in [2.75, 3.05) is 33.5 Å². The molecule has 0 spiro atoms. The van der Waals surface area contributed by atoms with Crippen molar-refractivity contribution < 1.29 is 173 Å². The molecule has 1 aromatic carbocycles. The molecule has 39 atom stereocenters. The van der Waals surface area contributed by atoms with Crippen molar-refractivity contribution in [1.82, 2.24) is 0 Å². The van der Waals surface area contributed by atoms with Crippen molar-refractivity contribution in [3.63, 3.8) is 0 Å². The summed E-state index contributed by atoms with van der Waals surface area (Å²) in [4.78, 5) is 44.5. The van der Waals surface area contributed by atoms with Crippen LogP contribution in [-0.2, 0) is 76.0 Å². The minimum Gasteiger partial charge on any atom is -0.497 e. The van der Waals surface area contributed by atoms with Crippen molar-refractivity contribution in [2.45, 2.75) is 304 Å². The van der Waals surface area contributed by atoms with Gasteiger partial charge in [-0.3, -0.25) is 9.59 Å². The Kier molecular flexibility index (Phi) is 25.3. The van der Waals surface area contributed by atoms with Crippen LogP contribution in [0.3, 0.4) is 0 Å². The Morgan fingerprint density at radius 2 is 1.05 bits per heavy atom. The molecule has 0 amide bonds. The first-order chi connectivity index (χ1) is 51.8. The van der Waals surface area contributed by atoms with Gasteiger partial charge in [0, 0.05) is 11.5 Å². The highest BCUT2D eigenvalue weighted by Gasteiger charge is 2.74. The van der Waals surface area contributed by atoms with Gasteiger partial charge in [-0.25, -0.2) is 4.79 Å². The molecule has 5 aliphatic carbocycles. The van der Waals surface area contributed by atoms with E-state index in [4.69, 9.17) is 66.3 Å². The molecule has 6 heterocycles. The van der Waals surface area contributed by atoms with E-state index in [0.29, 0.717) is 30.6 Å². The van der Waals surface area contributed by atoms with E-state index in [1.165, 1.54) is 40.9 Å². The molecule has 10 fully saturated rings. The van der Waals surface area contributed by atoms with Crippen LogP contribution in [0.5, 0.6) is 5.75 Å². The number of fused-ring (bicyclic) bond motifs is 7. The SMILES string of the molecule is COc1ccc(/C=C/C(=O)O[C@@H]2[C@H](O[C@@H]3O[C@@H](C)[C@H](O)[C@@H](O)[C@H]3O)[C@@H](O[C@@H]3O[C@@H](C)[C@H](O[C@@H]4OC[C@@H](O[C@@H]5O[C@H](CO)[C@H](O)[C@H](O)[C@H]5O)[C@H](O)[C@H]4O)[C@@H](O)[C@H]3O)[C@H](OC(=O)[C@]34CCC(C)(C)C[C@@H]3C3=CC[C@@H]5[C@@]6(C)C[C@H](O[C@@H]7O[C@H](CO)[C@@H](O)[C@H](O)[C@H]7O)[C@H](O)[C@@](C)(C(=O)O)[C@@H]6CC[C@@]5(C)[C@]3(CO)CC4)O[C@@H]2C)cc1. The minimum atomic E-state index is -2.19. The largest absolute Gasteiger partial charge is 0.497 e. The van der Waals surface area contributed by atoms with Gasteiger partial charge in [0.25, 0.3) is 0 Å². The van der Waals surface area contributed by atoms with Gasteiger partial charge in [0.15, 0.2) is 43.7 Å². The lowest BCUT2D eigenvalue weighted by atomic mass is 9.33. The van der Waals surface area contributed by atoms with Gasteiger partial charge in [-0.1, -0.05) is 51.5 Å². The van der Waals surface area contributed by atoms with Gasteiger partial charge in [-0.2, -0.15) is 0 Å². The Morgan fingerprint density at radius 3 is 1.64 bits per heavy atom. The van der Waals surface area contributed by atoms with Gasteiger partial charge < -0.3 is 158 Å². The normalized spacial score (nSPS) is 50.2. The zero-order chi connectivity index (χ0) is 80.1. The van der Waals surface area contributed by atoms with Crippen LogP contribution in [0, 0.1) is 50.2 Å². The smallest absolute Gasteiger partial charge is 0.331 e. The van der Waals surface area contributed by atoms with E-state index < -0.39 is 285 Å². The van der Waals surface area contributed by atoms with Gasteiger partial charge in [0.1, 0.15) is 116 Å². The highest BCUT2D eigenvalue weighted by Crippen LogP contribution is 2.76. The molecule has 11 aliphatic rings. The molecule has 1 aromatic rings. The predicted octanol–water partition coefficient (Wildman–Crippen LogP) is -3.38. The number of benzene rings is 1. The van der Waals surface area contributed by atoms with Crippen molar-refractivity contribution in [1.29, 1.82) is 0 Å². The molecule has 6 saturated heterocycles. The molecule has 110 heavy (non-hydrogen) atoms. The van der Waals surface area contributed by atoms with Crippen LogP contribution in [0.25, 0.3) is 6.08 Å². The number of hydrogen-bond donors (Lipinski definition) is 18. The first-order valence-corrected chi connectivity index (χ1v) is 38.0. The summed E-state index contributed by atoms with van der Waals surface area (Å²) >= 11 is 0. The molecule has 0 radical (unpaired) electrons. The van der Waals surface area contributed by atoms with E-state index in [-0.39, 0.29) is 38.5 Å². The zero-order valence-corrected chi connectivity index (χ0v) is 62.9. The third-order valence-corrected chi connectivity index (χ3v) is 27.0. The second-order valence-electron chi connectivity index (χ2n) is 33.7. The molecule has 0 unspecified atom stereocenters. The third-order valence-electron chi connectivity index (χ3n) is 27.0. The van der Waals surface area contributed by atoms with E-state index in [1.54, 1.807) is 24.3 Å². The number of carbonyl (C=O) groups is 3. The van der Waals surface area contributed by atoms with Gasteiger partial charge in [0.2, 0.25) is 6.29 Å². The van der Waals surface area contributed by atoms with Crippen LogP contribution in [-0.4, -0.2) is 334 Å². The lowest BCUT2D eigenvalue weighted by molar-refractivity contribution is -0.392. The summed E-state index contributed by atoms with van der Waals surface area (Å²) in [6, 6.07) is 6.63. The third kappa shape index (κ3) is 15.0. The molecular formula is C75H112O35. The van der Waals surface area contributed by atoms with Crippen molar-refractivity contribution in [3.05, 3.63) is 47.6 Å². The Hall–Kier alpha value is -4.21. The van der Waals surface area contributed by atoms with Crippen molar-refractivity contribution >= 4 is 24.0 Å². The fraction of sp³-hybridized carbons (Fsp3) is 0.827. The minimum absolute atomic E-state index is 0.00614. The molecule has 35 heteroatoms. The second kappa shape index (κ2) is 32.7. The van der Waals surface area contributed by atoms with Gasteiger partial charge in [-0.05, 0) is 143 Å². The van der Waals surface area contributed by atoms with E-state index in [2.05, 4.69) is 20.8 Å².